The molecule has 0 bridgehead atoms. The fourth-order valence-corrected chi connectivity index (χ4v) is 4.31. The van der Waals surface area contributed by atoms with Crippen LogP contribution in [0.25, 0.3) is 0 Å². The summed E-state index contributed by atoms with van der Waals surface area (Å²) in [7, 11) is -2.04. The Kier molecular flexibility index (Phi) is 5.43. The molecule has 2 rings (SSSR count). The average molecular weight is 321 g/mol. The number of sulfonamides is 1. The van der Waals surface area contributed by atoms with E-state index in [1.165, 1.54) is 11.4 Å². The number of rotatable bonds is 3. The first-order chi connectivity index (χ1) is 8.86. The number of methoxy groups -OCH3 is 1. The Balaban J connectivity index is 0.00000200. The van der Waals surface area contributed by atoms with Gasteiger partial charge in [-0.25, -0.2) is 8.42 Å². The first kappa shape index (κ1) is 17.2. The van der Waals surface area contributed by atoms with Gasteiger partial charge in [-0.15, -0.1) is 12.4 Å². The van der Waals surface area contributed by atoms with Crippen LogP contribution in [0.1, 0.15) is 17.5 Å². The minimum absolute atomic E-state index is 0. The molecular weight excluding hydrogens is 300 g/mol. The lowest BCUT2D eigenvalue weighted by Crippen LogP contribution is -2.32. The Hall–Kier alpha value is -0.820. The molecule has 114 valence electrons. The molecule has 1 heterocycles. The molecule has 20 heavy (non-hydrogen) atoms. The SMILES string of the molecule is COc1c(C)cc(C)cc1S(=O)(=O)N1CC[C@@H](N)C1.Cl. The number of halogens is 1. The first-order valence-electron chi connectivity index (χ1n) is 6.27. The van der Waals surface area contributed by atoms with Crippen LogP contribution in [0.15, 0.2) is 17.0 Å². The maximum absolute atomic E-state index is 12.7. The Bertz CT molecular complexity index is 590. The summed E-state index contributed by atoms with van der Waals surface area (Å²) in [6.07, 6.45) is 0.701. The molecule has 7 heteroatoms. The van der Waals surface area contributed by atoms with Crippen molar-refractivity contribution >= 4 is 22.4 Å². The van der Waals surface area contributed by atoms with Crippen molar-refractivity contribution in [1.29, 1.82) is 0 Å². The maximum atomic E-state index is 12.7. The second-order valence-corrected chi connectivity index (χ2v) is 6.93. The highest BCUT2D eigenvalue weighted by molar-refractivity contribution is 7.89. The number of benzene rings is 1. The van der Waals surface area contributed by atoms with Crippen molar-refractivity contribution in [1.82, 2.24) is 4.31 Å². The van der Waals surface area contributed by atoms with Crippen LogP contribution in [0.2, 0.25) is 0 Å². The van der Waals surface area contributed by atoms with Crippen molar-refractivity contribution in [3.8, 4) is 5.75 Å². The van der Waals surface area contributed by atoms with Crippen LogP contribution in [0.5, 0.6) is 5.75 Å². The third-order valence-electron chi connectivity index (χ3n) is 3.39. The molecule has 0 unspecified atom stereocenters. The zero-order valence-electron chi connectivity index (χ0n) is 11.9. The van der Waals surface area contributed by atoms with Gasteiger partial charge in [0.2, 0.25) is 10.0 Å². The monoisotopic (exact) mass is 320 g/mol. The standard InChI is InChI=1S/C13H20N2O3S.ClH/c1-9-6-10(2)13(18-3)12(7-9)19(16,17)15-5-4-11(14)8-15;/h6-7,11H,4-5,8,14H2,1-3H3;1H/t11-;/m1./s1. The van der Waals surface area contributed by atoms with Crippen LogP contribution in [0.3, 0.4) is 0 Å². The van der Waals surface area contributed by atoms with E-state index in [1.54, 1.807) is 6.07 Å². The number of nitrogens with two attached hydrogens (primary N) is 1. The van der Waals surface area contributed by atoms with Gasteiger partial charge in [0.05, 0.1) is 7.11 Å². The third kappa shape index (κ3) is 3.09. The van der Waals surface area contributed by atoms with E-state index >= 15 is 0 Å². The summed E-state index contributed by atoms with van der Waals surface area (Å²) in [6.45, 7) is 4.57. The van der Waals surface area contributed by atoms with Gasteiger partial charge in [-0.05, 0) is 37.5 Å². The summed E-state index contributed by atoms with van der Waals surface area (Å²) in [5.74, 6) is 0.422. The topological polar surface area (TPSA) is 72.6 Å². The molecule has 0 radical (unpaired) electrons. The summed E-state index contributed by atoms with van der Waals surface area (Å²) >= 11 is 0. The average Bonchev–Trinajstić information content (AvgIpc) is 2.75. The van der Waals surface area contributed by atoms with Crippen LogP contribution < -0.4 is 10.5 Å². The highest BCUT2D eigenvalue weighted by Gasteiger charge is 2.33. The summed E-state index contributed by atoms with van der Waals surface area (Å²) in [4.78, 5) is 0.238. The van der Waals surface area contributed by atoms with Gasteiger partial charge in [0, 0.05) is 19.1 Å². The number of ether oxygens (including phenoxy) is 1. The number of hydrogen-bond donors (Lipinski definition) is 1. The lowest BCUT2D eigenvalue weighted by atomic mass is 10.1. The van der Waals surface area contributed by atoms with Crippen molar-refractivity contribution in [3.05, 3.63) is 23.3 Å². The highest BCUT2D eigenvalue weighted by atomic mass is 35.5. The lowest BCUT2D eigenvalue weighted by molar-refractivity contribution is 0.395. The number of aryl methyl sites for hydroxylation is 2. The van der Waals surface area contributed by atoms with E-state index < -0.39 is 10.0 Å². The summed E-state index contributed by atoms with van der Waals surface area (Å²) in [6, 6.07) is 3.49. The van der Waals surface area contributed by atoms with Crippen LogP contribution in [-0.2, 0) is 10.0 Å². The second kappa shape index (κ2) is 6.30. The normalized spacial score (nSPS) is 19.7. The molecule has 1 fully saturated rings. The molecule has 1 saturated heterocycles. The minimum Gasteiger partial charge on any atom is -0.495 e. The van der Waals surface area contributed by atoms with Crippen molar-refractivity contribution in [2.45, 2.75) is 31.2 Å². The van der Waals surface area contributed by atoms with Gasteiger partial charge >= 0.3 is 0 Å². The smallest absolute Gasteiger partial charge is 0.246 e. The van der Waals surface area contributed by atoms with E-state index in [9.17, 15) is 8.42 Å². The van der Waals surface area contributed by atoms with Gasteiger partial charge in [0.25, 0.3) is 0 Å². The summed E-state index contributed by atoms with van der Waals surface area (Å²) in [5.41, 5.74) is 7.52. The van der Waals surface area contributed by atoms with Gasteiger partial charge in [-0.1, -0.05) is 6.07 Å². The van der Waals surface area contributed by atoms with E-state index in [0.29, 0.717) is 25.3 Å². The van der Waals surface area contributed by atoms with Gasteiger partial charge < -0.3 is 10.5 Å². The highest BCUT2D eigenvalue weighted by Crippen LogP contribution is 2.32. The molecule has 2 N–H and O–H groups in total. The van der Waals surface area contributed by atoms with E-state index in [4.69, 9.17) is 10.5 Å². The molecular formula is C13H21ClN2O3S. The van der Waals surface area contributed by atoms with Gasteiger partial charge in [0.1, 0.15) is 10.6 Å². The molecule has 1 aromatic rings. The van der Waals surface area contributed by atoms with Crippen molar-refractivity contribution < 1.29 is 13.2 Å². The zero-order chi connectivity index (χ0) is 14.2. The van der Waals surface area contributed by atoms with Gasteiger partial charge in [-0.2, -0.15) is 4.31 Å². The molecule has 1 aliphatic heterocycles. The molecule has 0 amide bonds. The first-order valence-corrected chi connectivity index (χ1v) is 7.71. The van der Waals surface area contributed by atoms with Crippen LogP contribution in [-0.4, -0.2) is 39.0 Å². The zero-order valence-corrected chi connectivity index (χ0v) is 13.6. The molecule has 1 atom stereocenters. The lowest BCUT2D eigenvalue weighted by Gasteiger charge is -2.19. The Labute approximate surface area is 126 Å². The van der Waals surface area contributed by atoms with Crippen LogP contribution >= 0.6 is 12.4 Å². The fourth-order valence-electron chi connectivity index (χ4n) is 2.48. The van der Waals surface area contributed by atoms with Gasteiger partial charge in [0.15, 0.2) is 0 Å². The van der Waals surface area contributed by atoms with Gasteiger partial charge in [-0.3, -0.25) is 0 Å². The predicted octanol–water partition coefficient (Wildman–Crippen LogP) is 1.46. The molecule has 0 saturated carbocycles. The quantitative estimate of drug-likeness (QED) is 0.915. The molecule has 0 aromatic heterocycles. The van der Waals surface area contributed by atoms with E-state index in [0.717, 1.165) is 11.1 Å². The predicted molar refractivity (Wildman–Crippen MR) is 81.1 cm³/mol. The number of nitrogens with zero attached hydrogens (tertiary/aromatic N) is 1. The molecule has 0 aliphatic carbocycles. The minimum atomic E-state index is -3.53. The molecule has 1 aliphatic rings. The fraction of sp³-hybridized carbons (Fsp3) is 0.538. The molecule has 0 spiro atoms. The molecule has 1 aromatic carbocycles. The third-order valence-corrected chi connectivity index (χ3v) is 5.26. The Morgan fingerprint density at radius 3 is 2.50 bits per heavy atom. The summed E-state index contributed by atoms with van der Waals surface area (Å²) < 4.78 is 32.0. The maximum Gasteiger partial charge on any atom is 0.246 e. The van der Waals surface area contributed by atoms with E-state index in [2.05, 4.69) is 0 Å². The van der Waals surface area contributed by atoms with Crippen LogP contribution in [0, 0.1) is 13.8 Å². The van der Waals surface area contributed by atoms with Crippen molar-refractivity contribution in [2.24, 2.45) is 5.73 Å². The largest absolute Gasteiger partial charge is 0.495 e. The Morgan fingerprint density at radius 1 is 1.35 bits per heavy atom. The second-order valence-electron chi connectivity index (χ2n) is 5.03. The van der Waals surface area contributed by atoms with Crippen molar-refractivity contribution in [3.63, 3.8) is 0 Å². The van der Waals surface area contributed by atoms with Crippen LogP contribution in [0.4, 0.5) is 0 Å². The summed E-state index contributed by atoms with van der Waals surface area (Å²) in [5, 5.41) is 0. The number of hydrogen-bond acceptors (Lipinski definition) is 4. The van der Waals surface area contributed by atoms with Crippen molar-refractivity contribution in [2.75, 3.05) is 20.2 Å². The Morgan fingerprint density at radius 2 is 2.00 bits per heavy atom. The van der Waals surface area contributed by atoms with E-state index in [1.807, 2.05) is 19.9 Å². The molecule has 5 nitrogen and oxygen atoms in total. The van der Waals surface area contributed by atoms with E-state index in [-0.39, 0.29) is 23.3 Å².